The lowest BCUT2D eigenvalue weighted by Gasteiger charge is -2.22. The number of sulfonamides is 1. The van der Waals surface area contributed by atoms with Gasteiger partial charge in [0.25, 0.3) is 5.91 Å². The molecule has 0 saturated carbocycles. The third-order valence-electron chi connectivity index (χ3n) is 5.13. The smallest absolute Gasteiger partial charge is 0.251 e. The number of rotatable bonds is 8. The van der Waals surface area contributed by atoms with Crippen LogP contribution in [0.1, 0.15) is 22.3 Å². The summed E-state index contributed by atoms with van der Waals surface area (Å²) in [5.74, 6) is -0.707. The van der Waals surface area contributed by atoms with Crippen LogP contribution in [0.2, 0.25) is 0 Å². The van der Waals surface area contributed by atoms with Crippen molar-refractivity contribution in [1.29, 1.82) is 0 Å². The fraction of sp³-hybridized carbons (Fsp3) is 0.273. The van der Waals surface area contributed by atoms with Crippen LogP contribution >= 0.6 is 0 Å². The molecule has 0 aliphatic carbocycles. The van der Waals surface area contributed by atoms with Crippen LogP contribution in [0.4, 0.5) is 0 Å². The Morgan fingerprint density at radius 1 is 1.13 bits per heavy atom. The molecule has 31 heavy (non-hydrogen) atoms. The number of nitrogens with zero attached hydrogens (tertiary/aromatic N) is 1. The van der Waals surface area contributed by atoms with E-state index < -0.39 is 28.0 Å². The highest BCUT2D eigenvalue weighted by molar-refractivity contribution is 7.89. The SMILES string of the molecule is C=CC(=O)NC1CC(CO)N(S(=O)(=O)c2ccc(C(=O)NCc3ccccc3)cc2)C1. The van der Waals surface area contributed by atoms with Crippen LogP contribution in [0, 0.1) is 0 Å². The van der Waals surface area contributed by atoms with Crippen LogP contribution in [0.15, 0.2) is 72.1 Å². The lowest BCUT2D eigenvalue weighted by molar-refractivity contribution is -0.117. The summed E-state index contributed by atoms with van der Waals surface area (Å²) in [6.07, 6.45) is 1.42. The van der Waals surface area contributed by atoms with Gasteiger partial charge < -0.3 is 15.7 Å². The number of benzene rings is 2. The van der Waals surface area contributed by atoms with Crippen molar-refractivity contribution in [1.82, 2.24) is 14.9 Å². The van der Waals surface area contributed by atoms with E-state index in [1.807, 2.05) is 30.3 Å². The van der Waals surface area contributed by atoms with Crippen LogP contribution in [0.5, 0.6) is 0 Å². The van der Waals surface area contributed by atoms with E-state index in [1.54, 1.807) is 0 Å². The van der Waals surface area contributed by atoms with Gasteiger partial charge in [0.2, 0.25) is 15.9 Å². The minimum Gasteiger partial charge on any atom is -0.395 e. The van der Waals surface area contributed by atoms with Gasteiger partial charge in [-0.25, -0.2) is 8.42 Å². The molecular weight excluding hydrogens is 418 g/mol. The zero-order valence-electron chi connectivity index (χ0n) is 16.9. The normalized spacial score (nSPS) is 19.0. The molecule has 0 bridgehead atoms. The average molecular weight is 444 g/mol. The summed E-state index contributed by atoms with van der Waals surface area (Å²) in [5, 5.41) is 15.1. The second kappa shape index (κ2) is 9.86. The monoisotopic (exact) mass is 443 g/mol. The van der Waals surface area contributed by atoms with E-state index in [1.165, 1.54) is 28.6 Å². The summed E-state index contributed by atoms with van der Waals surface area (Å²) in [6.45, 7) is 3.44. The predicted octanol–water partition coefficient (Wildman–Crippen LogP) is 1.04. The van der Waals surface area contributed by atoms with E-state index in [4.69, 9.17) is 0 Å². The Hall–Kier alpha value is -3.01. The molecule has 1 heterocycles. The first-order valence-corrected chi connectivity index (χ1v) is 11.3. The number of hydrogen-bond acceptors (Lipinski definition) is 5. The van der Waals surface area contributed by atoms with Gasteiger partial charge in [0.05, 0.1) is 17.5 Å². The summed E-state index contributed by atoms with van der Waals surface area (Å²) < 4.78 is 27.3. The fourth-order valence-corrected chi connectivity index (χ4v) is 5.18. The quantitative estimate of drug-likeness (QED) is 0.528. The third kappa shape index (κ3) is 5.38. The number of aliphatic hydroxyl groups excluding tert-OH is 1. The number of amides is 2. The van der Waals surface area contributed by atoms with Crippen molar-refractivity contribution in [3.8, 4) is 0 Å². The number of hydrogen-bond donors (Lipinski definition) is 3. The Morgan fingerprint density at radius 2 is 1.81 bits per heavy atom. The van der Waals surface area contributed by atoms with Crippen molar-refractivity contribution in [2.75, 3.05) is 13.2 Å². The largest absolute Gasteiger partial charge is 0.395 e. The van der Waals surface area contributed by atoms with E-state index in [-0.39, 0.29) is 24.0 Å². The van der Waals surface area contributed by atoms with Crippen LogP contribution in [-0.2, 0) is 21.4 Å². The van der Waals surface area contributed by atoms with Gasteiger partial charge in [0, 0.05) is 24.7 Å². The highest BCUT2D eigenvalue weighted by Crippen LogP contribution is 2.26. The summed E-state index contributed by atoms with van der Waals surface area (Å²) >= 11 is 0. The summed E-state index contributed by atoms with van der Waals surface area (Å²) in [6, 6.07) is 14.0. The number of aliphatic hydroxyl groups is 1. The number of carbonyl (C=O) groups excluding carboxylic acids is 2. The molecule has 1 aliphatic heterocycles. The van der Waals surface area contributed by atoms with E-state index in [0.717, 1.165) is 11.6 Å². The predicted molar refractivity (Wildman–Crippen MR) is 116 cm³/mol. The highest BCUT2D eigenvalue weighted by atomic mass is 32.2. The highest BCUT2D eigenvalue weighted by Gasteiger charge is 2.40. The molecule has 164 valence electrons. The Morgan fingerprint density at radius 3 is 2.42 bits per heavy atom. The number of nitrogens with one attached hydrogen (secondary N) is 2. The molecule has 1 saturated heterocycles. The van der Waals surface area contributed by atoms with Gasteiger partial charge in [-0.05, 0) is 42.3 Å². The van der Waals surface area contributed by atoms with Crippen molar-refractivity contribution in [2.45, 2.75) is 29.9 Å². The van der Waals surface area contributed by atoms with Crippen molar-refractivity contribution >= 4 is 21.8 Å². The molecule has 2 atom stereocenters. The Bertz CT molecular complexity index is 1040. The molecule has 3 rings (SSSR count). The van der Waals surface area contributed by atoms with E-state index >= 15 is 0 Å². The van der Waals surface area contributed by atoms with Crippen LogP contribution in [-0.4, -0.2) is 54.9 Å². The average Bonchev–Trinajstić information content (AvgIpc) is 3.21. The zero-order chi connectivity index (χ0) is 22.4. The van der Waals surface area contributed by atoms with Gasteiger partial charge in [-0.1, -0.05) is 36.9 Å². The first kappa shape index (κ1) is 22.7. The van der Waals surface area contributed by atoms with E-state index in [0.29, 0.717) is 18.5 Å². The van der Waals surface area contributed by atoms with E-state index in [9.17, 15) is 23.1 Å². The lowest BCUT2D eigenvalue weighted by atomic mass is 10.2. The maximum absolute atomic E-state index is 13.1. The minimum absolute atomic E-state index is 0.0151. The van der Waals surface area contributed by atoms with Gasteiger partial charge in [0.15, 0.2) is 0 Å². The minimum atomic E-state index is -3.91. The first-order chi connectivity index (χ1) is 14.8. The Labute approximate surface area is 181 Å². The third-order valence-corrected chi connectivity index (χ3v) is 7.06. The van der Waals surface area contributed by atoms with Crippen molar-refractivity contribution in [3.05, 3.63) is 78.4 Å². The second-order valence-corrected chi connectivity index (χ2v) is 9.14. The molecule has 2 unspecified atom stereocenters. The maximum atomic E-state index is 13.1. The fourth-order valence-electron chi connectivity index (χ4n) is 3.51. The van der Waals surface area contributed by atoms with Gasteiger partial charge in [-0.2, -0.15) is 4.31 Å². The van der Waals surface area contributed by atoms with E-state index in [2.05, 4.69) is 17.2 Å². The van der Waals surface area contributed by atoms with Crippen LogP contribution < -0.4 is 10.6 Å². The molecule has 1 aliphatic rings. The molecule has 2 amide bonds. The van der Waals surface area contributed by atoms with Gasteiger partial charge >= 0.3 is 0 Å². The standard InChI is InChI=1S/C22H25N3O5S/c1-2-21(27)24-18-12-19(15-26)25(14-18)31(29,30)20-10-8-17(9-11-20)22(28)23-13-16-6-4-3-5-7-16/h2-11,18-19,26H,1,12-15H2,(H,23,28)(H,24,27). The van der Waals surface area contributed by atoms with Crippen LogP contribution in [0.25, 0.3) is 0 Å². The van der Waals surface area contributed by atoms with Gasteiger partial charge in [0.1, 0.15) is 0 Å². The summed E-state index contributed by atoms with van der Waals surface area (Å²) in [4.78, 5) is 23.9. The first-order valence-electron chi connectivity index (χ1n) is 9.83. The van der Waals surface area contributed by atoms with Crippen molar-refractivity contribution < 1.29 is 23.1 Å². The summed E-state index contributed by atoms with van der Waals surface area (Å²) in [5.41, 5.74) is 1.29. The van der Waals surface area contributed by atoms with Gasteiger partial charge in [-0.15, -0.1) is 0 Å². The van der Waals surface area contributed by atoms with Crippen molar-refractivity contribution in [3.63, 3.8) is 0 Å². The van der Waals surface area contributed by atoms with Crippen LogP contribution in [0.3, 0.4) is 0 Å². The maximum Gasteiger partial charge on any atom is 0.251 e. The molecule has 8 nitrogen and oxygen atoms in total. The van der Waals surface area contributed by atoms with Crippen molar-refractivity contribution in [2.24, 2.45) is 0 Å². The molecule has 3 N–H and O–H groups in total. The lowest BCUT2D eigenvalue weighted by Crippen LogP contribution is -2.39. The number of carbonyl (C=O) groups is 2. The second-order valence-electron chi connectivity index (χ2n) is 7.25. The molecular formula is C22H25N3O5S. The van der Waals surface area contributed by atoms with Gasteiger partial charge in [-0.3, -0.25) is 9.59 Å². The molecule has 2 aromatic rings. The molecule has 1 fully saturated rings. The molecule has 0 spiro atoms. The molecule has 2 aromatic carbocycles. The molecule has 9 heteroatoms. The summed E-state index contributed by atoms with van der Waals surface area (Å²) in [7, 11) is -3.91. The molecule has 0 radical (unpaired) electrons. The Kier molecular flexibility index (Phi) is 7.21. The zero-order valence-corrected chi connectivity index (χ0v) is 17.7. The molecule has 0 aromatic heterocycles. The Balaban J connectivity index is 1.69. The topological polar surface area (TPSA) is 116 Å².